The third-order valence-corrected chi connectivity index (χ3v) is 4.34. The zero-order valence-electron chi connectivity index (χ0n) is 10.9. The Kier molecular flexibility index (Phi) is 3.91. The molecule has 0 amide bonds. The van der Waals surface area contributed by atoms with Gasteiger partial charge in [0.25, 0.3) is 0 Å². The maximum absolute atomic E-state index is 9.12. The Morgan fingerprint density at radius 1 is 1.42 bits per heavy atom. The molecule has 0 spiro atoms. The van der Waals surface area contributed by atoms with Gasteiger partial charge in [0.05, 0.1) is 30.4 Å². The van der Waals surface area contributed by atoms with E-state index in [1.807, 2.05) is 0 Å². The van der Waals surface area contributed by atoms with E-state index in [0.29, 0.717) is 17.2 Å². The van der Waals surface area contributed by atoms with E-state index in [1.165, 1.54) is 12.8 Å². The quantitative estimate of drug-likeness (QED) is 0.905. The summed E-state index contributed by atoms with van der Waals surface area (Å²) in [5, 5.41) is 9.74. The van der Waals surface area contributed by atoms with Crippen LogP contribution in [0.5, 0.6) is 0 Å². The molecule has 1 aromatic heterocycles. The molecule has 2 heterocycles. The van der Waals surface area contributed by atoms with Crippen LogP contribution in [0.3, 0.4) is 0 Å². The normalized spacial score (nSPS) is 27.2. The van der Waals surface area contributed by atoms with Crippen LogP contribution in [0, 0.1) is 0 Å². The molecule has 2 atom stereocenters. The molecule has 1 aliphatic heterocycles. The van der Waals surface area contributed by atoms with Crippen molar-refractivity contribution in [1.82, 2.24) is 4.98 Å². The van der Waals surface area contributed by atoms with Crippen molar-refractivity contribution in [2.45, 2.75) is 44.4 Å². The summed E-state index contributed by atoms with van der Waals surface area (Å²) in [7, 11) is 0. The third kappa shape index (κ3) is 2.57. The third-order valence-electron chi connectivity index (χ3n) is 4.07. The van der Waals surface area contributed by atoms with Gasteiger partial charge in [-0.05, 0) is 24.5 Å². The average Bonchev–Trinajstić information content (AvgIpc) is 2.46. The molecule has 2 aliphatic rings. The summed E-state index contributed by atoms with van der Waals surface area (Å²) < 4.78 is 5.87. The molecule has 2 fully saturated rings. The van der Waals surface area contributed by atoms with Gasteiger partial charge < -0.3 is 14.7 Å². The van der Waals surface area contributed by atoms with E-state index in [2.05, 4.69) is 9.88 Å². The van der Waals surface area contributed by atoms with Gasteiger partial charge in [-0.2, -0.15) is 0 Å². The second kappa shape index (κ2) is 5.65. The Morgan fingerprint density at radius 3 is 3.05 bits per heavy atom. The van der Waals surface area contributed by atoms with Gasteiger partial charge in [0.2, 0.25) is 0 Å². The molecule has 104 valence electrons. The second-order valence-electron chi connectivity index (χ2n) is 5.26. The van der Waals surface area contributed by atoms with E-state index in [4.69, 9.17) is 21.4 Å². The molecule has 1 aliphatic carbocycles. The van der Waals surface area contributed by atoms with E-state index >= 15 is 0 Å². The molecule has 1 N–H and O–H groups in total. The van der Waals surface area contributed by atoms with Gasteiger partial charge in [0.1, 0.15) is 5.82 Å². The number of nitrogens with zero attached hydrogens (tertiary/aromatic N) is 2. The fourth-order valence-corrected chi connectivity index (χ4v) is 3.43. The van der Waals surface area contributed by atoms with Crippen molar-refractivity contribution < 1.29 is 9.84 Å². The number of aromatic nitrogens is 1. The number of pyridine rings is 1. The summed E-state index contributed by atoms with van der Waals surface area (Å²) in [5.74, 6) is 0.832. The van der Waals surface area contributed by atoms with Crippen LogP contribution in [-0.2, 0) is 11.3 Å². The van der Waals surface area contributed by atoms with Gasteiger partial charge in [-0.1, -0.05) is 24.4 Å². The van der Waals surface area contributed by atoms with Crippen molar-refractivity contribution in [3.8, 4) is 0 Å². The van der Waals surface area contributed by atoms with Gasteiger partial charge in [0.15, 0.2) is 0 Å². The highest BCUT2D eigenvalue weighted by Gasteiger charge is 2.35. The molecule has 0 bridgehead atoms. The first-order valence-electron chi connectivity index (χ1n) is 6.93. The van der Waals surface area contributed by atoms with Gasteiger partial charge in [-0.25, -0.2) is 4.98 Å². The zero-order chi connectivity index (χ0) is 13.2. The van der Waals surface area contributed by atoms with Crippen LogP contribution in [0.15, 0.2) is 12.3 Å². The summed E-state index contributed by atoms with van der Waals surface area (Å²) in [5.41, 5.74) is 0.752. The van der Waals surface area contributed by atoms with Crippen LogP contribution in [-0.4, -0.2) is 35.4 Å². The van der Waals surface area contributed by atoms with E-state index in [1.54, 1.807) is 12.3 Å². The first kappa shape index (κ1) is 13.2. The number of aliphatic hydroxyl groups excluding tert-OH is 1. The maximum atomic E-state index is 9.12. The summed E-state index contributed by atoms with van der Waals surface area (Å²) in [4.78, 5) is 6.73. The van der Waals surface area contributed by atoms with Crippen LogP contribution in [0.25, 0.3) is 0 Å². The first-order chi connectivity index (χ1) is 9.29. The predicted molar refractivity (Wildman–Crippen MR) is 74.5 cm³/mol. The lowest BCUT2D eigenvalue weighted by molar-refractivity contribution is -0.00898. The van der Waals surface area contributed by atoms with Crippen LogP contribution < -0.4 is 4.90 Å². The van der Waals surface area contributed by atoms with Crippen molar-refractivity contribution in [3.05, 3.63) is 22.8 Å². The number of hydrogen-bond donors (Lipinski definition) is 1. The minimum atomic E-state index is -0.0256. The van der Waals surface area contributed by atoms with Gasteiger partial charge in [0, 0.05) is 12.7 Å². The highest BCUT2D eigenvalue weighted by Crippen LogP contribution is 2.34. The molecule has 3 rings (SSSR count). The largest absolute Gasteiger partial charge is 0.392 e. The number of hydrogen-bond acceptors (Lipinski definition) is 4. The average molecular weight is 283 g/mol. The van der Waals surface area contributed by atoms with E-state index < -0.39 is 0 Å². The summed E-state index contributed by atoms with van der Waals surface area (Å²) >= 11 is 6.32. The van der Waals surface area contributed by atoms with Gasteiger partial charge >= 0.3 is 0 Å². The molecule has 4 nitrogen and oxygen atoms in total. The van der Waals surface area contributed by atoms with Crippen LogP contribution in [0.1, 0.15) is 31.2 Å². The molecule has 0 aromatic carbocycles. The molecular weight excluding hydrogens is 264 g/mol. The van der Waals surface area contributed by atoms with E-state index in [0.717, 1.165) is 37.4 Å². The van der Waals surface area contributed by atoms with E-state index in [-0.39, 0.29) is 6.61 Å². The highest BCUT2D eigenvalue weighted by molar-refractivity contribution is 6.33. The standard InChI is InChI=1S/C14H19ClN2O2/c15-11-7-10(9-18)8-16-14(11)17-5-6-19-13-4-2-1-3-12(13)17/h7-8,12-13,18H,1-6,9H2. The Bertz CT molecular complexity index is 453. The van der Waals surface area contributed by atoms with Crippen molar-refractivity contribution in [1.29, 1.82) is 0 Å². The van der Waals surface area contributed by atoms with Crippen molar-refractivity contribution in [3.63, 3.8) is 0 Å². The van der Waals surface area contributed by atoms with Crippen LogP contribution >= 0.6 is 11.6 Å². The Morgan fingerprint density at radius 2 is 2.26 bits per heavy atom. The van der Waals surface area contributed by atoms with Crippen LogP contribution in [0.4, 0.5) is 5.82 Å². The van der Waals surface area contributed by atoms with Crippen molar-refractivity contribution in [2.24, 2.45) is 0 Å². The molecule has 5 heteroatoms. The van der Waals surface area contributed by atoms with E-state index in [9.17, 15) is 0 Å². The molecule has 1 saturated heterocycles. The fourth-order valence-electron chi connectivity index (χ4n) is 3.13. The Hall–Kier alpha value is -0.840. The number of halogens is 1. The molecule has 1 saturated carbocycles. The van der Waals surface area contributed by atoms with Gasteiger partial charge in [-0.3, -0.25) is 0 Å². The molecule has 19 heavy (non-hydrogen) atoms. The number of anilines is 1. The predicted octanol–water partition coefficient (Wildman–Crippen LogP) is 2.38. The molecular formula is C14H19ClN2O2. The topological polar surface area (TPSA) is 45.6 Å². The molecule has 0 radical (unpaired) electrons. The highest BCUT2D eigenvalue weighted by atomic mass is 35.5. The lowest BCUT2D eigenvalue weighted by Gasteiger charge is -2.44. The minimum Gasteiger partial charge on any atom is -0.392 e. The minimum absolute atomic E-state index is 0.0256. The number of rotatable bonds is 2. The number of aliphatic hydroxyl groups is 1. The smallest absolute Gasteiger partial charge is 0.147 e. The monoisotopic (exact) mass is 282 g/mol. The SMILES string of the molecule is OCc1cnc(N2CCOC3CCCCC32)c(Cl)c1. The van der Waals surface area contributed by atoms with Gasteiger partial charge in [-0.15, -0.1) is 0 Å². The van der Waals surface area contributed by atoms with Crippen LogP contribution in [0.2, 0.25) is 5.02 Å². The zero-order valence-corrected chi connectivity index (χ0v) is 11.6. The summed E-state index contributed by atoms with van der Waals surface area (Å²) in [6.07, 6.45) is 6.79. The maximum Gasteiger partial charge on any atom is 0.147 e. The Balaban J connectivity index is 1.87. The first-order valence-corrected chi connectivity index (χ1v) is 7.31. The number of ether oxygens (including phenoxy) is 1. The fraction of sp³-hybridized carbons (Fsp3) is 0.643. The molecule has 2 unspecified atom stereocenters. The lowest BCUT2D eigenvalue weighted by Crippen LogP contribution is -2.53. The summed E-state index contributed by atoms with van der Waals surface area (Å²) in [6.45, 7) is 1.55. The Labute approximate surface area is 118 Å². The molecule has 1 aromatic rings. The van der Waals surface area contributed by atoms with Crippen molar-refractivity contribution >= 4 is 17.4 Å². The number of morpholine rings is 1. The number of fused-ring (bicyclic) bond motifs is 1. The van der Waals surface area contributed by atoms with Crippen molar-refractivity contribution in [2.75, 3.05) is 18.1 Å². The lowest BCUT2D eigenvalue weighted by atomic mass is 9.90. The second-order valence-corrected chi connectivity index (χ2v) is 5.67. The summed E-state index contributed by atoms with van der Waals surface area (Å²) in [6, 6.07) is 2.20.